The number of ether oxygens (including phenoxy) is 1. The Labute approximate surface area is 163 Å². The zero-order valence-corrected chi connectivity index (χ0v) is 16.2. The molecule has 0 fully saturated rings. The Morgan fingerprint density at radius 1 is 0.963 bits per heavy atom. The number of fused-ring (bicyclic) bond motifs is 1. The van der Waals surface area contributed by atoms with Crippen LogP contribution in [-0.2, 0) is 22.4 Å². The van der Waals surface area contributed by atoms with Gasteiger partial charge >= 0.3 is 0 Å². The van der Waals surface area contributed by atoms with Crippen LogP contribution in [0.3, 0.4) is 0 Å². The van der Waals surface area contributed by atoms with Crippen LogP contribution in [0.1, 0.15) is 24.0 Å². The fourth-order valence-corrected chi connectivity index (χ4v) is 3.81. The van der Waals surface area contributed by atoms with Crippen LogP contribution in [-0.4, -0.2) is 30.4 Å². The summed E-state index contributed by atoms with van der Waals surface area (Å²) in [5.74, 6) is 1.01. The molecule has 6 heteroatoms. The lowest BCUT2D eigenvalue weighted by Crippen LogP contribution is -2.19. The van der Waals surface area contributed by atoms with Crippen LogP contribution in [0.4, 0.5) is 11.4 Å². The maximum atomic E-state index is 12.2. The molecule has 2 aromatic rings. The van der Waals surface area contributed by atoms with Crippen molar-refractivity contribution in [2.24, 2.45) is 0 Å². The van der Waals surface area contributed by atoms with Crippen molar-refractivity contribution in [2.45, 2.75) is 25.7 Å². The molecule has 0 spiro atoms. The highest BCUT2D eigenvalue weighted by Crippen LogP contribution is 2.28. The van der Waals surface area contributed by atoms with E-state index in [-0.39, 0.29) is 23.3 Å². The first-order chi connectivity index (χ1) is 13.2. The van der Waals surface area contributed by atoms with Crippen LogP contribution in [0.25, 0.3) is 0 Å². The van der Waals surface area contributed by atoms with Gasteiger partial charge in [0.25, 0.3) is 0 Å². The lowest BCUT2D eigenvalue weighted by Gasteiger charge is -2.19. The van der Waals surface area contributed by atoms with Crippen LogP contribution >= 0.6 is 11.8 Å². The predicted molar refractivity (Wildman–Crippen MR) is 111 cm³/mol. The Morgan fingerprint density at radius 2 is 1.67 bits per heavy atom. The molecule has 0 saturated heterocycles. The largest absolute Gasteiger partial charge is 0.497 e. The average molecular weight is 385 g/mol. The summed E-state index contributed by atoms with van der Waals surface area (Å²) < 4.78 is 5.09. The van der Waals surface area contributed by atoms with E-state index in [1.807, 2.05) is 12.1 Å². The third kappa shape index (κ3) is 5.50. The van der Waals surface area contributed by atoms with Crippen LogP contribution in [0.2, 0.25) is 0 Å². The van der Waals surface area contributed by atoms with Crippen LogP contribution in [0.15, 0.2) is 42.5 Å². The van der Waals surface area contributed by atoms with E-state index in [4.69, 9.17) is 4.74 Å². The number of thioether (sulfide) groups is 1. The molecule has 1 aliphatic carbocycles. The minimum Gasteiger partial charge on any atom is -0.497 e. The molecule has 2 amide bonds. The monoisotopic (exact) mass is 384 g/mol. The van der Waals surface area contributed by atoms with E-state index in [9.17, 15) is 9.59 Å². The molecule has 0 unspecified atom stereocenters. The molecule has 0 aliphatic heterocycles. The van der Waals surface area contributed by atoms with Crippen molar-refractivity contribution in [1.29, 1.82) is 0 Å². The second kappa shape index (κ2) is 9.46. The summed E-state index contributed by atoms with van der Waals surface area (Å²) in [5.41, 5.74) is 4.23. The molecule has 0 bridgehead atoms. The molecule has 0 saturated carbocycles. The number of benzene rings is 2. The van der Waals surface area contributed by atoms with E-state index >= 15 is 0 Å². The van der Waals surface area contributed by atoms with Gasteiger partial charge in [0.2, 0.25) is 11.8 Å². The first-order valence-corrected chi connectivity index (χ1v) is 10.2. The number of amides is 2. The van der Waals surface area contributed by atoms with E-state index in [0.717, 1.165) is 24.3 Å². The van der Waals surface area contributed by atoms with Crippen molar-refractivity contribution in [2.75, 3.05) is 29.2 Å². The number of carbonyl (C=O) groups is 2. The van der Waals surface area contributed by atoms with Crippen molar-refractivity contribution >= 4 is 35.0 Å². The van der Waals surface area contributed by atoms with Crippen LogP contribution in [0.5, 0.6) is 5.75 Å². The zero-order valence-electron chi connectivity index (χ0n) is 15.4. The van der Waals surface area contributed by atoms with Crippen molar-refractivity contribution in [3.63, 3.8) is 0 Å². The number of hydrogen-bond acceptors (Lipinski definition) is 4. The molecule has 2 aromatic carbocycles. The summed E-state index contributed by atoms with van der Waals surface area (Å²) in [6.45, 7) is 0. The van der Waals surface area contributed by atoms with E-state index in [0.29, 0.717) is 5.69 Å². The molecule has 0 radical (unpaired) electrons. The molecule has 27 heavy (non-hydrogen) atoms. The van der Waals surface area contributed by atoms with Gasteiger partial charge in [0, 0.05) is 11.4 Å². The first kappa shape index (κ1) is 19.3. The normalized spacial score (nSPS) is 12.8. The SMILES string of the molecule is COc1ccc(NC(=O)CSCC(=O)Nc2cccc3c2CCCC3)cc1. The second-order valence-electron chi connectivity index (χ2n) is 6.47. The molecular weight excluding hydrogens is 360 g/mol. The minimum atomic E-state index is -0.130. The summed E-state index contributed by atoms with van der Waals surface area (Å²) in [4.78, 5) is 24.2. The Bertz CT molecular complexity index is 806. The number of carbonyl (C=O) groups excluding carboxylic acids is 2. The summed E-state index contributed by atoms with van der Waals surface area (Å²) in [7, 11) is 1.60. The Morgan fingerprint density at radius 3 is 2.41 bits per heavy atom. The minimum absolute atomic E-state index is 0.0729. The highest BCUT2D eigenvalue weighted by atomic mass is 32.2. The van der Waals surface area contributed by atoms with Gasteiger partial charge in [-0.1, -0.05) is 12.1 Å². The molecule has 5 nitrogen and oxygen atoms in total. The van der Waals surface area contributed by atoms with Crippen molar-refractivity contribution in [1.82, 2.24) is 0 Å². The molecule has 2 N–H and O–H groups in total. The Kier molecular flexibility index (Phi) is 6.76. The van der Waals surface area contributed by atoms with Gasteiger partial charge in [-0.25, -0.2) is 0 Å². The maximum absolute atomic E-state index is 12.2. The molecule has 1 aliphatic rings. The third-order valence-corrected chi connectivity index (χ3v) is 5.44. The summed E-state index contributed by atoms with van der Waals surface area (Å²) >= 11 is 1.30. The smallest absolute Gasteiger partial charge is 0.234 e. The fourth-order valence-electron chi connectivity index (χ4n) is 3.19. The fraction of sp³-hybridized carbons (Fsp3) is 0.333. The summed E-state index contributed by atoms with van der Waals surface area (Å²) in [6, 6.07) is 13.2. The van der Waals surface area contributed by atoms with Gasteiger partial charge in [0.05, 0.1) is 18.6 Å². The highest BCUT2D eigenvalue weighted by molar-refractivity contribution is 8.00. The maximum Gasteiger partial charge on any atom is 0.234 e. The quantitative estimate of drug-likeness (QED) is 0.760. The molecule has 142 valence electrons. The van der Waals surface area contributed by atoms with E-state index in [2.05, 4.69) is 16.7 Å². The lowest BCUT2D eigenvalue weighted by molar-refractivity contribution is -0.114. The zero-order chi connectivity index (χ0) is 19.1. The number of rotatable bonds is 7. The van der Waals surface area contributed by atoms with Gasteiger partial charge in [0.15, 0.2) is 0 Å². The highest BCUT2D eigenvalue weighted by Gasteiger charge is 2.14. The van der Waals surface area contributed by atoms with E-state index in [1.165, 1.54) is 35.7 Å². The Balaban J connectivity index is 1.43. The third-order valence-electron chi connectivity index (χ3n) is 4.51. The topological polar surface area (TPSA) is 67.4 Å². The first-order valence-electron chi connectivity index (χ1n) is 9.08. The van der Waals surface area contributed by atoms with Gasteiger partial charge < -0.3 is 15.4 Å². The van der Waals surface area contributed by atoms with Gasteiger partial charge in [-0.15, -0.1) is 11.8 Å². The summed E-state index contributed by atoms with van der Waals surface area (Å²) in [6.07, 6.45) is 4.48. The number of hydrogen-bond donors (Lipinski definition) is 2. The molecule has 0 heterocycles. The number of aryl methyl sites for hydroxylation is 1. The molecular formula is C21H24N2O3S. The average Bonchev–Trinajstić information content (AvgIpc) is 2.69. The second-order valence-corrected chi connectivity index (χ2v) is 7.45. The van der Waals surface area contributed by atoms with Crippen molar-refractivity contribution < 1.29 is 14.3 Å². The standard InChI is InChI=1S/C21H24N2O3S/c1-26-17-11-9-16(10-12-17)22-20(24)13-27-14-21(25)23-19-8-4-6-15-5-2-3-7-18(15)19/h4,6,8-12H,2-3,5,7,13-14H2,1H3,(H,22,24)(H,23,25). The van der Waals surface area contributed by atoms with Gasteiger partial charge in [-0.2, -0.15) is 0 Å². The predicted octanol–water partition coefficient (Wildman–Crippen LogP) is 3.88. The number of methoxy groups -OCH3 is 1. The molecule has 0 atom stereocenters. The van der Waals surface area contributed by atoms with Gasteiger partial charge in [-0.3, -0.25) is 9.59 Å². The van der Waals surface area contributed by atoms with E-state index < -0.39 is 0 Å². The van der Waals surface area contributed by atoms with Gasteiger partial charge in [-0.05, 0) is 67.1 Å². The van der Waals surface area contributed by atoms with Crippen molar-refractivity contribution in [3.05, 3.63) is 53.6 Å². The molecule has 3 rings (SSSR count). The number of anilines is 2. The van der Waals surface area contributed by atoms with Crippen molar-refractivity contribution in [3.8, 4) is 5.75 Å². The lowest BCUT2D eigenvalue weighted by atomic mass is 9.90. The summed E-state index contributed by atoms with van der Waals surface area (Å²) in [5, 5.41) is 5.81. The Hall–Kier alpha value is -2.47. The van der Waals surface area contributed by atoms with E-state index in [1.54, 1.807) is 31.4 Å². The van der Waals surface area contributed by atoms with Crippen LogP contribution < -0.4 is 15.4 Å². The number of nitrogens with one attached hydrogen (secondary N) is 2. The molecule has 0 aromatic heterocycles. The van der Waals surface area contributed by atoms with Gasteiger partial charge in [0.1, 0.15) is 5.75 Å². The van der Waals surface area contributed by atoms with Crippen LogP contribution in [0, 0.1) is 0 Å².